The molecule has 1 aliphatic rings. The molecule has 7 heteroatoms. The van der Waals surface area contributed by atoms with Crippen molar-refractivity contribution in [2.24, 2.45) is 11.7 Å². The molecule has 1 aromatic carbocycles. The van der Waals surface area contributed by atoms with Crippen molar-refractivity contribution in [3.05, 3.63) is 17.7 Å². The number of methoxy groups -OCH3 is 3. The molecule has 0 saturated carbocycles. The van der Waals surface area contributed by atoms with Gasteiger partial charge in [0.1, 0.15) is 0 Å². The molecule has 0 aliphatic carbocycles. The van der Waals surface area contributed by atoms with Gasteiger partial charge in [0.2, 0.25) is 11.7 Å². The minimum absolute atomic E-state index is 0.158. The van der Waals surface area contributed by atoms with Gasteiger partial charge in [0.15, 0.2) is 11.5 Å². The topological polar surface area (TPSA) is 92.0 Å². The molecule has 2 rings (SSSR count). The van der Waals surface area contributed by atoms with E-state index in [1.165, 1.54) is 0 Å². The number of carbonyl (C=O) groups is 1. The molecule has 0 radical (unpaired) electrons. The molecule has 3 N–H and O–H groups in total. The summed E-state index contributed by atoms with van der Waals surface area (Å²) in [4.78, 5) is 12.3. The largest absolute Gasteiger partial charge is 0.493 e. The van der Waals surface area contributed by atoms with Crippen LogP contribution in [0.15, 0.2) is 12.1 Å². The van der Waals surface area contributed by atoms with E-state index in [0.29, 0.717) is 37.0 Å². The van der Waals surface area contributed by atoms with E-state index >= 15 is 0 Å². The first kappa shape index (κ1) is 18.4. The van der Waals surface area contributed by atoms with Gasteiger partial charge in [-0.2, -0.15) is 0 Å². The monoisotopic (exact) mass is 338 g/mol. The Morgan fingerprint density at radius 3 is 2.46 bits per heavy atom. The van der Waals surface area contributed by atoms with E-state index in [1.807, 2.05) is 6.07 Å². The SMILES string of the molecule is COc1ccc(CNC(=O)C(N)C2CCOCC2)c(OC)c1OC. The third-order valence-corrected chi connectivity index (χ3v) is 4.32. The highest BCUT2D eigenvalue weighted by Crippen LogP contribution is 2.39. The van der Waals surface area contributed by atoms with Crippen molar-refractivity contribution in [3.8, 4) is 17.2 Å². The van der Waals surface area contributed by atoms with E-state index in [0.717, 1.165) is 18.4 Å². The summed E-state index contributed by atoms with van der Waals surface area (Å²) in [6.45, 7) is 1.63. The van der Waals surface area contributed by atoms with E-state index in [4.69, 9.17) is 24.7 Å². The highest BCUT2D eigenvalue weighted by atomic mass is 16.5. The lowest BCUT2D eigenvalue weighted by Gasteiger charge is -2.26. The number of amides is 1. The molecule has 0 bridgehead atoms. The standard InChI is InChI=1S/C17H26N2O5/c1-21-13-5-4-12(15(22-2)16(13)23-3)10-19-17(20)14(18)11-6-8-24-9-7-11/h4-5,11,14H,6-10,18H2,1-3H3,(H,19,20). The van der Waals surface area contributed by atoms with Gasteiger partial charge in [-0.05, 0) is 30.9 Å². The molecular weight excluding hydrogens is 312 g/mol. The van der Waals surface area contributed by atoms with Gasteiger partial charge >= 0.3 is 0 Å². The van der Waals surface area contributed by atoms with Crippen LogP contribution < -0.4 is 25.3 Å². The Morgan fingerprint density at radius 1 is 1.21 bits per heavy atom. The number of nitrogens with one attached hydrogen (secondary N) is 1. The lowest BCUT2D eigenvalue weighted by molar-refractivity contribution is -0.124. The predicted octanol–water partition coefficient (Wildman–Crippen LogP) is 1.08. The van der Waals surface area contributed by atoms with Crippen molar-refractivity contribution in [1.82, 2.24) is 5.32 Å². The Kier molecular flexibility index (Phi) is 6.69. The molecule has 1 unspecified atom stereocenters. The van der Waals surface area contributed by atoms with Crippen molar-refractivity contribution in [3.63, 3.8) is 0 Å². The molecule has 24 heavy (non-hydrogen) atoms. The number of benzene rings is 1. The Morgan fingerprint density at radius 2 is 1.88 bits per heavy atom. The summed E-state index contributed by atoms with van der Waals surface area (Å²) in [6, 6.07) is 3.09. The summed E-state index contributed by atoms with van der Waals surface area (Å²) >= 11 is 0. The lowest BCUT2D eigenvalue weighted by Crippen LogP contribution is -2.46. The quantitative estimate of drug-likeness (QED) is 0.773. The van der Waals surface area contributed by atoms with Crippen LogP contribution in [0.2, 0.25) is 0 Å². The summed E-state index contributed by atoms with van der Waals surface area (Å²) in [5.74, 6) is 1.60. The Hall–Kier alpha value is -1.99. The Bertz CT molecular complexity index is 558. The van der Waals surface area contributed by atoms with E-state index < -0.39 is 6.04 Å². The van der Waals surface area contributed by atoms with Crippen molar-refractivity contribution in [2.75, 3.05) is 34.5 Å². The van der Waals surface area contributed by atoms with Crippen molar-refractivity contribution in [2.45, 2.75) is 25.4 Å². The second-order valence-electron chi connectivity index (χ2n) is 5.69. The number of ether oxygens (including phenoxy) is 4. The van der Waals surface area contributed by atoms with Gasteiger partial charge in [-0.1, -0.05) is 0 Å². The molecule has 0 aromatic heterocycles. The van der Waals surface area contributed by atoms with E-state index in [-0.39, 0.29) is 11.8 Å². The number of nitrogens with two attached hydrogens (primary N) is 1. The number of rotatable bonds is 7. The maximum Gasteiger partial charge on any atom is 0.237 e. The molecule has 1 fully saturated rings. The fourth-order valence-corrected chi connectivity index (χ4v) is 2.89. The molecule has 1 saturated heterocycles. The first-order valence-corrected chi connectivity index (χ1v) is 8.01. The molecule has 1 heterocycles. The summed E-state index contributed by atoms with van der Waals surface area (Å²) in [7, 11) is 4.66. The van der Waals surface area contributed by atoms with Crippen LogP contribution >= 0.6 is 0 Å². The van der Waals surface area contributed by atoms with E-state index in [2.05, 4.69) is 5.32 Å². The minimum atomic E-state index is -0.528. The van der Waals surface area contributed by atoms with Gasteiger partial charge in [0, 0.05) is 25.3 Å². The predicted molar refractivity (Wildman–Crippen MR) is 89.5 cm³/mol. The third-order valence-electron chi connectivity index (χ3n) is 4.32. The molecule has 1 atom stereocenters. The Labute approximate surface area is 142 Å². The van der Waals surface area contributed by atoms with Crippen LogP contribution in [0.3, 0.4) is 0 Å². The zero-order valence-corrected chi connectivity index (χ0v) is 14.5. The molecule has 7 nitrogen and oxygen atoms in total. The highest BCUT2D eigenvalue weighted by Gasteiger charge is 2.26. The normalized spacial score (nSPS) is 16.3. The second kappa shape index (κ2) is 8.75. The summed E-state index contributed by atoms with van der Waals surface area (Å²) in [5, 5.41) is 2.88. The van der Waals surface area contributed by atoms with Crippen LogP contribution in [0.1, 0.15) is 18.4 Å². The summed E-state index contributed by atoms with van der Waals surface area (Å²) in [6.07, 6.45) is 1.63. The van der Waals surface area contributed by atoms with Crippen LogP contribution in [0.5, 0.6) is 17.2 Å². The first-order valence-electron chi connectivity index (χ1n) is 8.01. The first-order chi connectivity index (χ1) is 11.6. The van der Waals surface area contributed by atoms with Crippen molar-refractivity contribution < 1.29 is 23.7 Å². The maximum atomic E-state index is 12.3. The van der Waals surface area contributed by atoms with Crippen molar-refractivity contribution in [1.29, 1.82) is 0 Å². The zero-order chi connectivity index (χ0) is 17.5. The average molecular weight is 338 g/mol. The molecule has 0 spiro atoms. The minimum Gasteiger partial charge on any atom is -0.493 e. The fourth-order valence-electron chi connectivity index (χ4n) is 2.89. The number of hydrogen-bond acceptors (Lipinski definition) is 6. The van der Waals surface area contributed by atoms with Crippen LogP contribution in [0, 0.1) is 5.92 Å². The Balaban J connectivity index is 2.04. The summed E-state index contributed by atoms with van der Waals surface area (Å²) < 4.78 is 21.3. The summed E-state index contributed by atoms with van der Waals surface area (Å²) in [5.41, 5.74) is 6.88. The zero-order valence-electron chi connectivity index (χ0n) is 14.5. The van der Waals surface area contributed by atoms with Gasteiger partial charge in [-0.25, -0.2) is 0 Å². The van der Waals surface area contributed by atoms with E-state index in [9.17, 15) is 4.79 Å². The van der Waals surface area contributed by atoms with Gasteiger partial charge < -0.3 is 30.0 Å². The molecular formula is C17H26N2O5. The van der Waals surface area contributed by atoms with Crippen LogP contribution in [-0.4, -0.2) is 46.5 Å². The highest BCUT2D eigenvalue weighted by molar-refractivity contribution is 5.82. The fraction of sp³-hybridized carbons (Fsp3) is 0.588. The van der Waals surface area contributed by atoms with Gasteiger partial charge in [-0.3, -0.25) is 4.79 Å². The van der Waals surface area contributed by atoms with E-state index in [1.54, 1.807) is 27.4 Å². The second-order valence-corrected chi connectivity index (χ2v) is 5.69. The number of carbonyl (C=O) groups excluding carboxylic acids is 1. The van der Waals surface area contributed by atoms with Gasteiger partial charge in [0.05, 0.1) is 27.4 Å². The third kappa shape index (κ3) is 4.10. The molecule has 1 aromatic rings. The van der Waals surface area contributed by atoms with Crippen molar-refractivity contribution >= 4 is 5.91 Å². The van der Waals surface area contributed by atoms with Gasteiger partial charge in [0.25, 0.3) is 0 Å². The molecule has 1 amide bonds. The maximum absolute atomic E-state index is 12.3. The number of hydrogen-bond donors (Lipinski definition) is 2. The van der Waals surface area contributed by atoms with Crippen LogP contribution in [0.25, 0.3) is 0 Å². The van der Waals surface area contributed by atoms with Crippen LogP contribution in [0.4, 0.5) is 0 Å². The smallest absolute Gasteiger partial charge is 0.237 e. The molecule has 1 aliphatic heterocycles. The van der Waals surface area contributed by atoms with Crippen LogP contribution in [-0.2, 0) is 16.1 Å². The average Bonchev–Trinajstić information content (AvgIpc) is 2.64. The van der Waals surface area contributed by atoms with Gasteiger partial charge in [-0.15, -0.1) is 0 Å². The lowest BCUT2D eigenvalue weighted by atomic mass is 9.92. The molecule has 134 valence electrons.